The summed E-state index contributed by atoms with van der Waals surface area (Å²) in [6, 6.07) is 12.0. The number of ether oxygens (including phenoxy) is 1. The Kier molecular flexibility index (Phi) is 5.36. The van der Waals surface area contributed by atoms with Crippen LogP contribution in [0.3, 0.4) is 0 Å². The van der Waals surface area contributed by atoms with Gasteiger partial charge in [-0.3, -0.25) is 9.69 Å². The van der Waals surface area contributed by atoms with Gasteiger partial charge in [0.1, 0.15) is 5.82 Å². The molecule has 27 heavy (non-hydrogen) atoms. The molecule has 1 saturated heterocycles. The molecule has 1 unspecified atom stereocenters. The van der Waals surface area contributed by atoms with Crippen LogP contribution in [-0.2, 0) is 11.2 Å². The zero-order valence-electron chi connectivity index (χ0n) is 15.7. The number of hydrogen-bond acceptors (Lipinski definition) is 5. The van der Waals surface area contributed by atoms with Crippen LogP contribution in [0.1, 0.15) is 22.8 Å². The second-order valence-corrected chi connectivity index (χ2v) is 7.17. The van der Waals surface area contributed by atoms with Crippen LogP contribution in [-0.4, -0.2) is 61.2 Å². The molecule has 1 aromatic carbocycles. The van der Waals surface area contributed by atoms with Gasteiger partial charge >= 0.3 is 0 Å². The zero-order valence-corrected chi connectivity index (χ0v) is 15.7. The van der Waals surface area contributed by atoms with Crippen molar-refractivity contribution in [2.24, 2.45) is 0 Å². The minimum absolute atomic E-state index is 0.0334. The first-order chi connectivity index (χ1) is 13.2. The molecule has 0 saturated carbocycles. The topological polar surface area (TPSA) is 57.7 Å². The molecular formula is C21H26N4O2. The molecule has 142 valence electrons. The number of para-hydroxylation sites is 1. The fraction of sp³-hybridized carbons (Fsp3) is 0.429. The number of nitrogens with zero attached hydrogens (tertiary/aromatic N) is 3. The molecule has 1 N–H and O–H groups in total. The van der Waals surface area contributed by atoms with E-state index in [0.717, 1.165) is 57.3 Å². The molecule has 0 radical (unpaired) electrons. The number of benzene rings is 1. The Morgan fingerprint density at radius 3 is 2.93 bits per heavy atom. The van der Waals surface area contributed by atoms with E-state index >= 15 is 0 Å². The highest BCUT2D eigenvalue weighted by Gasteiger charge is 2.31. The number of fused-ring (bicyclic) bond motifs is 1. The number of rotatable bonds is 5. The summed E-state index contributed by atoms with van der Waals surface area (Å²) in [7, 11) is 0. The van der Waals surface area contributed by atoms with E-state index in [4.69, 9.17) is 4.74 Å². The number of amides is 1. The second-order valence-electron chi connectivity index (χ2n) is 7.17. The molecule has 0 aliphatic carbocycles. The monoisotopic (exact) mass is 366 g/mol. The predicted octanol–water partition coefficient (Wildman–Crippen LogP) is 2.42. The summed E-state index contributed by atoms with van der Waals surface area (Å²) in [6.45, 7) is 7.39. The highest BCUT2D eigenvalue weighted by molar-refractivity contribution is 6.08. The molecule has 1 atom stereocenters. The Hall–Kier alpha value is -2.44. The zero-order chi connectivity index (χ0) is 18.6. The first-order valence-corrected chi connectivity index (χ1v) is 9.64. The van der Waals surface area contributed by atoms with Gasteiger partial charge < -0.3 is 15.0 Å². The van der Waals surface area contributed by atoms with E-state index in [1.807, 2.05) is 29.2 Å². The van der Waals surface area contributed by atoms with Gasteiger partial charge in [0, 0.05) is 49.7 Å². The fourth-order valence-electron chi connectivity index (χ4n) is 3.84. The maximum atomic E-state index is 13.1. The van der Waals surface area contributed by atoms with E-state index in [1.165, 1.54) is 5.56 Å². The Morgan fingerprint density at radius 2 is 2.07 bits per heavy atom. The normalized spacial score (nSPS) is 19.7. The Labute approximate surface area is 160 Å². The van der Waals surface area contributed by atoms with Crippen molar-refractivity contribution in [3.05, 3.63) is 53.7 Å². The summed E-state index contributed by atoms with van der Waals surface area (Å²) in [4.78, 5) is 21.8. The van der Waals surface area contributed by atoms with Crippen molar-refractivity contribution in [1.82, 2.24) is 9.88 Å². The number of morpholine rings is 1. The number of pyridine rings is 1. The summed E-state index contributed by atoms with van der Waals surface area (Å²) in [6.07, 6.45) is 2.61. The maximum Gasteiger partial charge on any atom is 0.258 e. The van der Waals surface area contributed by atoms with Crippen LogP contribution in [0, 0.1) is 0 Å². The lowest BCUT2D eigenvalue weighted by molar-refractivity contribution is 0.0398. The minimum atomic E-state index is 0.0334. The molecular weight excluding hydrogens is 340 g/mol. The molecule has 2 aliphatic rings. The molecule has 6 heteroatoms. The third kappa shape index (κ3) is 3.96. The largest absolute Gasteiger partial charge is 0.379 e. The van der Waals surface area contributed by atoms with Gasteiger partial charge in [0.2, 0.25) is 0 Å². The third-order valence-electron chi connectivity index (χ3n) is 5.27. The molecule has 6 nitrogen and oxygen atoms in total. The van der Waals surface area contributed by atoms with Crippen molar-refractivity contribution in [2.75, 3.05) is 49.6 Å². The van der Waals surface area contributed by atoms with Crippen molar-refractivity contribution >= 4 is 17.4 Å². The Morgan fingerprint density at radius 1 is 1.26 bits per heavy atom. The van der Waals surface area contributed by atoms with E-state index in [0.29, 0.717) is 5.56 Å². The van der Waals surface area contributed by atoms with Crippen LogP contribution in [0.25, 0.3) is 0 Å². The summed E-state index contributed by atoms with van der Waals surface area (Å²) < 4.78 is 5.37. The Bertz CT molecular complexity index is 804. The summed E-state index contributed by atoms with van der Waals surface area (Å²) in [5.74, 6) is 0.778. The first kappa shape index (κ1) is 17.9. The average molecular weight is 366 g/mol. The highest BCUT2D eigenvalue weighted by Crippen LogP contribution is 2.33. The van der Waals surface area contributed by atoms with Gasteiger partial charge in [0.05, 0.1) is 13.2 Å². The number of hydrogen-bond donors (Lipinski definition) is 1. The smallest absolute Gasteiger partial charge is 0.258 e. The highest BCUT2D eigenvalue weighted by atomic mass is 16.5. The van der Waals surface area contributed by atoms with Gasteiger partial charge in [-0.25, -0.2) is 4.98 Å². The van der Waals surface area contributed by atoms with Crippen LogP contribution < -0.4 is 10.2 Å². The predicted molar refractivity (Wildman–Crippen MR) is 106 cm³/mol. The van der Waals surface area contributed by atoms with E-state index in [2.05, 4.69) is 28.2 Å². The number of anilines is 2. The lowest BCUT2D eigenvalue weighted by atomic mass is 10.1. The first-order valence-electron chi connectivity index (χ1n) is 9.64. The van der Waals surface area contributed by atoms with Gasteiger partial charge in [0.25, 0.3) is 5.91 Å². The van der Waals surface area contributed by atoms with Gasteiger partial charge in [0.15, 0.2) is 0 Å². The van der Waals surface area contributed by atoms with Gasteiger partial charge in [-0.1, -0.05) is 18.2 Å². The summed E-state index contributed by atoms with van der Waals surface area (Å²) in [5.41, 5.74) is 2.92. The van der Waals surface area contributed by atoms with Crippen molar-refractivity contribution in [3.63, 3.8) is 0 Å². The standard InChI is InChI=1S/C21H26N4O2/c1-16-14-17-4-2-3-5-19(17)25(16)21(26)18-6-7-22-20(15-18)23-8-9-24-10-12-27-13-11-24/h2-7,15-16H,8-14H2,1H3,(H,22,23). The second kappa shape index (κ2) is 8.06. The average Bonchev–Trinajstić information content (AvgIpc) is 3.04. The summed E-state index contributed by atoms with van der Waals surface area (Å²) in [5, 5.41) is 3.34. The molecule has 4 rings (SSSR count). The molecule has 1 fully saturated rings. The van der Waals surface area contributed by atoms with E-state index in [-0.39, 0.29) is 11.9 Å². The number of nitrogens with one attached hydrogen (secondary N) is 1. The lowest BCUT2D eigenvalue weighted by Crippen LogP contribution is -2.39. The number of aromatic nitrogens is 1. The van der Waals surface area contributed by atoms with Crippen LogP contribution in [0.4, 0.5) is 11.5 Å². The third-order valence-corrected chi connectivity index (χ3v) is 5.27. The quantitative estimate of drug-likeness (QED) is 0.881. The molecule has 1 aromatic heterocycles. The molecule has 2 aromatic rings. The lowest BCUT2D eigenvalue weighted by Gasteiger charge is -2.26. The molecule has 1 amide bonds. The van der Waals surface area contributed by atoms with Crippen LogP contribution >= 0.6 is 0 Å². The van der Waals surface area contributed by atoms with Gasteiger partial charge in [-0.15, -0.1) is 0 Å². The number of carbonyl (C=O) groups excluding carboxylic acids is 1. The molecule has 0 spiro atoms. The van der Waals surface area contributed by atoms with Crippen LogP contribution in [0.5, 0.6) is 0 Å². The minimum Gasteiger partial charge on any atom is -0.379 e. The SMILES string of the molecule is CC1Cc2ccccc2N1C(=O)c1ccnc(NCCN2CCOCC2)c1. The van der Waals surface area contributed by atoms with Gasteiger partial charge in [-0.2, -0.15) is 0 Å². The maximum absolute atomic E-state index is 13.1. The van der Waals surface area contributed by atoms with Crippen molar-refractivity contribution in [2.45, 2.75) is 19.4 Å². The van der Waals surface area contributed by atoms with E-state index < -0.39 is 0 Å². The van der Waals surface area contributed by atoms with Crippen molar-refractivity contribution in [3.8, 4) is 0 Å². The molecule has 2 aliphatic heterocycles. The van der Waals surface area contributed by atoms with Crippen molar-refractivity contribution in [1.29, 1.82) is 0 Å². The van der Waals surface area contributed by atoms with E-state index in [9.17, 15) is 4.79 Å². The number of carbonyl (C=O) groups is 1. The van der Waals surface area contributed by atoms with Crippen LogP contribution in [0.2, 0.25) is 0 Å². The van der Waals surface area contributed by atoms with Crippen molar-refractivity contribution < 1.29 is 9.53 Å². The molecule has 3 heterocycles. The fourth-order valence-corrected chi connectivity index (χ4v) is 3.84. The van der Waals surface area contributed by atoms with Gasteiger partial charge in [-0.05, 0) is 37.1 Å². The van der Waals surface area contributed by atoms with E-state index in [1.54, 1.807) is 12.3 Å². The van der Waals surface area contributed by atoms with Crippen LogP contribution in [0.15, 0.2) is 42.6 Å². The Balaban J connectivity index is 1.42. The summed E-state index contributed by atoms with van der Waals surface area (Å²) >= 11 is 0. The molecule has 0 bridgehead atoms.